The Balaban J connectivity index is 1.55. The number of hydrogen-bond donors (Lipinski definition) is 0. The summed E-state index contributed by atoms with van der Waals surface area (Å²) in [5.74, 6) is -0.722. The van der Waals surface area contributed by atoms with Crippen LogP contribution in [0.3, 0.4) is 0 Å². The van der Waals surface area contributed by atoms with Crippen LogP contribution in [0.5, 0.6) is 0 Å². The molecule has 0 aliphatic carbocycles. The van der Waals surface area contributed by atoms with Crippen molar-refractivity contribution in [1.82, 2.24) is 24.9 Å². The maximum atomic E-state index is 13.3. The molecule has 1 aliphatic heterocycles. The topological polar surface area (TPSA) is 81.0 Å². The summed E-state index contributed by atoms with van der Waals surface area (Å²) in [5, 5.41) is 8.76. The zero-order valence-corrected chi connectivity index (χ0v) is 16.4. The van der Waals surface area contributed by atoms with Gasteiger partial charge in [0, 0.05) is 17.3 Å². The van der Waals surface area contributed by atoms with Gasteiger partial charge in [0.05, 0.1) is 29.7 Å². The number of imide groups is 1. The van der Waals surface area contributed by atoms with E-state index in [1.165, 1.54) is 9.70 Å². The molecule has 0 bridgehead atoms. The van der Waals surface area contributed by atoms with Crippen molar-refractivity contribution < 1.29 is 9.59 Å². The first-order valence-electron chi connectivity index (χ1n) is 9.76. The normalized spacial score (nSPS) is 14.7. The predicted octanol–water partition coefficient (Wildman–Crippen LogP) is 3.39. The molecule has 3 heterocycles. The van der Waals surface area contributed by atoms with Crippen LogP contribution in [0.1, 0.15) is 27.3 Å². The largest absolute Gasteiger partial charge is 0.269 e. The lowest BCUT2D eigenvalue weighted by Crippen LogP contribution is -2.41. The number of fused-ring (bicyclic) bond motifs is 1. The number of benzene rings is 2. The van der Waals surface area contributed by atoms with Crippen LogP contribution in [-0.4, -0.2) is 36.7 Å². The zero-order chi connectivity index (χ0) is 21.2. The molecule has 0 saturated carbocycles. The fourth-order valence-corrected chi connectivity index (χ4v) is 3.51. The third-order valence-corrected chi connectivity index (χ3v) is 5.00. The van der Waals surface area contributed by atoms with Crippen molar-refractivity contribution in [2.24, 2.45) is 0 Å². The molecule has 1 aliphatic rings. The number of nitrogens with zero attached hydrogens (tertiary/aromatic N) is 5. The molecule has 2 aromatic heterocycles. The van der Waals surface area contributed by atoms with Crippen LogP contribution in [0.25, 0.3) is 17.3 Å². The molecule has 0 atom stereocenters. The van der Waals surface area contributed by atoms with Gasteiger partial charge in [-0.1, -0.05) is 42.5 Å². The Bertz CT molecular complexity index is 1300. The summed E-state index contributed by atoms with van der Waals surface area (Å²) in [6, 6.07) is 22.0. The number of hydrogen-bond acceptors (Lipinski definition) is 5. The lowest BCUT2D eigenvalue weighted by Gasteiger charge is -2.28. The van der Waals surface area contributed by atoms with E-state index >= 15 is 0 Å². The molecule has 5 rings (SSSR count). The Morgan fingerprint density at radius 2 is 1.55 bits per heavy atom. The fourth-order valence-electron chi connectivity index (χ4n) is 3.51. The molecule has 0 radical (unpaired) electrons. The zero-order valence-electron chi connectivity index (χ0n) is 16.4. The first-order chi connectivity index (χ1) is 15.2. The number of pyridine rings is 1. The van der Waals surface area contributed by atoms with E-state index in [1.807, 2.05) is 42.5 Å². The maximum Gasteiger partial charge on any atom is 0.261 e. The Hall–Kier alpha value is -4.39. The predicted molar refractivity (Wildman–Crippen MR) is 115 cm³/mol. The number of amides is 2. The van der Waals surface area contributed by atoms with Crippen molar-refractivity contribution >= 4 is 23.5 Å². The minimum Gasteiger partial charge on any atom is -0.269 e. The molecule has 0 spiro atoms. The van der Waals surface area contributed by atoms with E-state index in [-0.39, 0.29) is 18.4 Å². The molecule has 4 aromatic rings. The lowest BCUT2D eigenvalue weighted by molar-refractivity contribution is -0.123. The summed E-state index contributed by atoms with van der Waals surface area (Å²) in [6.07, 6.45) is 4.90. The maximum absolute atomic E-state index is 13.3. The molecule has 2 amide bonds. The highest BCUT2D eigenvalue weighted by Crippen LogP contribution is 2.30. The van der Waals surface area contributed by atoms with E-state index in [0.717, 1.165) is 5.69 Å². The molecule has 0 unspecified atom stereocenters. The first-order valence-corrected chi connectivity index (χ1v) is 9.76. The Morgan fingerprint density at radius 1 is 0.806 bits per heavy atom. The van der Waals surface area contributed by atoms with Gasteiger partial charge in [0.1, 0.15) is 5.69 Å². The lowest BCUT2D eigenvalue weighted by atomic mass is 9.92. The SMILES string of the molecule is O=C1/C(=C\c2cnn(-c3ccccc3)n2)c2ccccc2C(=O)N1Cc1ccccn1. The van der Waals surface area contributed by atoms with E-state index in [0.29, 0.717) is 28.1 Å². The van der Waals surface area contributed by atoms with Crippen LogP contribution in [-0.2, 0) is 11.3 Å². The molecular formula is C24H17N5O2. The summed E-state index contributed by atoms with van der Waals surface area (Å²) in [7, 11) is 0. The highest BCUT2D eigenvalue weighted by atomic mass is 16.2. The fraction of sp³-hybridized carbons (Fsp3) is 0.0417. The third kappa shape index (κ3) is 3.53. The van der Waals surface area contributed by atoms with Gasteiger partial charge in [0.15, 0.2) is 0 Å². The third-order valence-electron chi connectivity index (χ3n) is 5.00. The van der Waals surface area contributed by atoms with E-state index in [9.17, 15) is 9.59 Å². The van der Waals surface area contributed by atoms with Gasteiger partial charge in [0.2, 0.25) is 0 Å². The van der Waals surface area contributed by atoms with Crippen molar-refractivity contribution in [3.05, 3.63) is 108 Å². The van der Waals surface area contributed by atoms with Gasteiger partial charge in [-0.05, 0) is 36.4 Å². The van der Waals surface area contributed by atoms with Crippen molar-refractivity contribution in [3.8, 4) is 5.69 Å². The number of carbonyl (C=O) groups excluding carboxylic acids is 2. The van der Waals surface area contributed by atoms with Crippen LogP contribution in [0.2, 0.25) is 0 Å². The molecule has 7 heteroatoms. The highest BCUT2D eigenvalue weighted by Gasteiger charge is 2.35. The van der Waals surface area contributed by atoms with E-state index in [2.05, 4.69) is 15.2 Å². The van der Waals surface area contributed by atoms with E-state index < -0.39 is 0 Å². The molecule has 2 aromatic carbocycles. The van der Waals surface area contributed by atoms with Crippen molar-refractivity contribution in [2.75, 3.05) is 0 Å². The molecule has 0 N–H and O–H groups in total. The van der Waals surface area contributed by atoms with Gasteiger partial charge in [0.25, 0.3) is 11.8 Å². The second-order valence-corrected chi connectivity index (χ2v) is 7.02. The average Bonchev–Trinajstić information content (AvgIpc) is 3.29. The minimum absolute atomic E-state index is 0.0981. The standard InChI is InChI=1S/C24H17N5O2/c30-23-21-12-5-4-11-20(21)22(24(31)28(23)16-17-8-6-7-13-25-17)14-18-15-26-29(27-18)19-9-2-1-3-10-19/h1-15H,16H2/b22-14-. The molecule has 0 saturated heterocycles. The van der Waals surface area contributed by atoms with Gasteiger partial charge in [-0.15, -0.1) is 5.10 Å². The summed E-state index contributed by atoms with van der Waals surface area (Å²) >= 11 is 0. The second kappa shape index (κ2) is 7.79. The van der Waals surface area contributed by atoms with Crippen molar-refractivity contribution in [2.45, 2.75) is 6.54 Å². The first kappa shape index (κ1) is 18.6. The Kier molecular flexibility index (Phi) is 4.68. The number of para-hydroxylation sites is 1. The van der Waals surface area contributed by atoms with Gasteiger partial charge in [-0.25, -0.2) is 0 Å². The van der Waals surface area contributed by atoms with Crippen LogP contribution < -0.4 is 0 Å². The monoisotopic (exact) mass is 407 g/mol. The van der Waals surface area contributed by atoms with Gasteiger partial charge in [-0.3, -0.25) is 19.5 Å². The van der Waals surface area contributed by atoms with Crippen LogP contribution in [0.4, 0.5) is 0 Å². The van der Waals surface area contributed by atoms with Gasteiger partial charge < -0.3 is 0 Å². The van der Waals surface area contributed by atoms with Crippen LogP contribution >= 0.6 is 0 Å². The van der Waals surface area contributed by atoms with Crippen molar-refractivity contribution in [3.63, 3.8) is 0 Å². The summed E-state index contributed by atoms with van der Waals surface area (Å²) in [6.45, 7) is 0.0981. The molecular weight excluding hydrogens is 390 g/mol. The van der Waals surface area contributed by atoms with Crippen LogP contribution in [0, 0.1) is 0 Å². The average molecular weight is 407 g/mol. The van der Waals surface area contributed by atoms with Crippen LogP contribution in [0.15, 0.2) is 85.2 Å². The summed E-state index contributed by atoms with van der Waals surface area (Å²) in [5.41, 5.74) is 3.43. The molecule has 31 heavy (non-hydrogen) atoms. The smallest absolute Gasteiger partial charge is 0.261 e. The van der Waals surface area contributed by atoms with Crippen molar-refractivity contribution in [1.29, 1.82) is 0 Å². The molecule has 7 nitrogen and oxygen atoms in total. The highest BCUT2D eigenvalue weighted by molar-refractivity contribution is 6.33. The van der Waals surface area contributed by atoms with Gasteiger partial charge >= 0.3 is 0 Å². The van der Waals surface area contributed by atoms with E-state index in [4.69, 9.17) is 0 Å². The molecule has 0 fully saturated rings. The summed E-state index contributed by atoms with van der Waals surface area (Å²) < 4.78 is 0. The number of rotatable bonds is 4. The Morgan fingerprint density at radius 3 is 2.32 bits per heavy atom. The van der Waals surface area contributed by atoms with E-state index in [1.54, 1.807) is 48.8 Å². The Labute approximate surface area is 178 Å². The summed E-state index contributed by atoms with van der Waals surface area (Å²) in [4.78, 5) is 33.3. The van der Waals surface area contributed by atoms with Gasteiger partial charge in [-0.2, -0.15) is 9.90 Å². The number of aromatic nitrogens is 4. The second-order valence-electron chi connectivity index (χ2n) is 7.02. The molecule has 150 valence electrons. The quantitative estimate of drug-likeness (QED) is 0.383. The minimum atomic E-state index is -0.386. The number of carbonyl (C=O) groups is 2.